The van der Waals surface area contributed by atoms with Gasteiger partial charge in [0.15, 0.2) is 0 Å². The van der Waals surface area contributed by atoms with E-state index in [0.717, 1.165) is 16.7 Å². The summed E-state index contributed by atoms with van der Waals surface area (Å²) < 4.78 is 1.87. The molecule has 0 aliphatic heterocycles. The summed E-state index contributed by atoms with van der Waals surface area (Å²) in [6.45, 7) is 0.593. The molecule has 0 spiro atoms. The summed E-state index contributed by atoms with van der Waals surface area (Å²) in [5.74, 6) is 0.0108. The van der Waals surface area contributed by atoms with Crippen LogP contribution in [0.15, 0.2) is 67.1 Å². The van der Waals surface area contributed by atoms with Crippen molar-refractivity contribution in [3.05, 3.63) is 78.4 Å². The average Bonchev–Trinajstić information content (AvgIpc) is 2.97. The van der Waals surface area contributed by atoms with Crippen molar-refractivity contribution in [2.45, 2.75) is 6.54 Å². The number of benzene rings is 1. The molecule has 0 bridgehead atoms. The molecule has 0 saturated carbocycles. The highest BCUT2D eigenvalue weighted by atomic mass is 16.2. The fraction of sp³-hybridized carbons (Fsp3) is 0.158. The highest BCUT2D eigenvalue weighted by Gasteiger charge is 2.17. The molecule has 4 heteroatoms. The van der Waals surface area contributed by atoms with Gasteiger partial charge in [0.1, 0.15) is 5.69 Å². The molecule has 116 valence electrons. The number of rotatable bonds is 4. The van der Waals surface area contributed by atoms with Crippen molar-refractivity contribution in [1.29, 1.82) is 0 Å². The maximum absolute atomic E-state index is 12.7. The smallest absolute Gasteiger partial charge is 0.270 e. The molecule has 0 unspecified atom stereocenters. The average molecular weight is 305 g/mol. The zero-order chi connectivity index (χ0) is 16.2. The molecule has 1 aromatic carbocycles. The Hall–Kier alpha value is -2.88. The second-order valence-electron chi connectivity index (χ2n) is 5.61. The van der Waals surface area contributed by atoms with Crippen molar-refractivity contribution in [3.63, 3.8) is 0 Å². The molecule has 4 nitrogen and oxygen atoms in total. The topological polar surface area (TPSA) is 38.1 Å². The highest BCUT2D eigenvalue weighted by Crippen LogP contribution is 2.22. The number of aryl methyl sites for hydroxylation is 1. The van der Waals surface area contributed by atoms with Gasteiger partial charge in [0.2, 0.25) is 0 Å². The van der Waals surface area contributed by atoms with Gasteiger partial charge in [0.25, 0.3) is 5.91 Å². The molecule has 0 radical (unpaired) electrons. The molecule has 0 atom stereocenters. The summed E-state index contributed by atoms with van der Waals surface area (Å²) in [5, 5.41) is 0. The predicted molar refractivity (Wildman–Crippen MR) is 90.9 cm³/mol. The van der Waals surface area contributed by atoms with E-state index < -0.39 is 0 Å². The Kier molecular flexibility index (Phi) is 4.24. The molecule has 1 amide bonds. The molecular formula is C19H19N3O. The Labute approximate surface area is 136 Å². The van der Waals surface area contributed by atoms with Crippen LogP contribution in [0.5, 0.6) is 0 Å². The largest absolute Gasteiger partial charge is 0.346 e. The predicted octanol–water partition coefficient (Wildman–Crippen LogP) is 3.36. The van der Waals surface area contributed by atoms with Crippen LogP contribution in [0.3, 0.4) is 0 Å². The number of aromatic nitrogens is 2. The van der Waals surface area contributed by atoms with Crippen molar-refractivity contribution in [1.82, 2.24) is 14.5 Å². The van der Waals surface area contributed by atoms with Gasteiger partial charge in [-0.25, -0.2) is 0 Å². The van der Waals surface area contributed by atoms with Crippen LogP contribution >= 0.6 is 0 Å². The van der Waals surface area contributed by atoms with Crippen LogP contribution in [0.25, 0.3) is 11.1 Å². The van der Waals surface area contributed by atoms with Crippen molar-refractivity contribution in [2.24, 2.45) is 7.05 Å². The summed E-state index contributed by atoms with van der Waals surface area (Å²) >= 11 is 0. The summed E-state index contributed by atoms with van der Waals surface area (Å²) in [7, 11) is 3.72. The van der Waals surface area contributed by atoms with Crippen LogP contribution in [-0.2, 0) is 13.6 Å². The molecule has 2 heterocycles. The van der Waals surface area contributed by atoms with E-state index in [4.69, 9.17) is 0 Å². The SMILES string of the molecule is CN(Cc1ccccc1)C(=O)c1cc(-c2ccncc2)cn1C. The lowest BCUT2D eigenvalue weighted by atomic mass is 10.1. The Morgan fingerprint density at radius 3 is 2.48 bits per heavy atom. The third kappa shape index (κ3) is 3.31. The minimum atomic E-state index is 0.0108. The number of carbonyl (C=O) groups is 1. The first-order valence-corrected chi connectivity index (χ1v) is 7.51. The van der Waals surface area contributed by atoms with Crippen molar-refractivity contribution >= 4 is 5.91 Å². The summed E-state index contributed by atoms with van der Waals surface area (Å²) in [6, 6.07) is 15.8. The minimum absolute atomic E-state index is 0.0108. The molecule has 23 heavy (non-hydrogen) atoms. The zero-order valence-corrected chi connectivity index (χ0v) is 13.3. The zero-order valence-electron chi connectivity index (χ0n) is 13.3. The molecule has 0 aliphatic carbocycles. The lowest BCUT2D eigenvalue weighted by molar-refractivity contribution is 0.0775. The van der Waals surface area contributed by atoms with E-state index in [1.807, 2.05) is 73.4 Å². The highest BCUT2D eigenvalue weighted by molar-refractivity contribution is 5.94. The van der Waals surface area contributed by atoms with E-state index in [0.29, 0.717) is 12.2 Å². The molecule has 3 rings (SSSR count). The van der Waals surface area contributed by atoms with Crippen LogP contribution in [-0.4, -0.2) is 27.4 Å². The quantitative estimate of drug-likeness (QED) is 0.741. The number of carbonyl (C=O) groups excluding carboxylic acids is 1. The molecule has 0 saturated heterocycles. The van der Waals surface area contributed by atoms with E-state index in [1.165, 1.54) is 0 Å². The van der Waals surface area contributed by atoms with Crippen LogP contribution in [0, 0.1) is 0 Å². The van der Waals surface area contributed by atoms with E-state index in [1.54, 1.807) is 17.3 Å². The first-order chi connectivity index (χ1) is 11.1. The molecular weight excluding hydrogens is 286 g/mol. The molecule has 2 aromatic heterocycles. The Bertz CT molecular complexity index is 794. The second kappa shape index (κ2) is 6.48. The maximum Gasteiger partial charge on any atom is 0.270 e. The molecule has 0 N–H and O–H groups in total. The third-order valence-electron chi connectivity index (χ3n) is 3.85. The first-order valence-electron chi connectivity index (χ1n) is 7.51. The number of hydrogen-bond donors (Lipinski definition) is 0. The summed E-state index contributed by atoms with van der Waals surface area (Å²) in [5.41, 5.74) is 3.87. The Morgan fingerprint density at radius 1 is 1.09 bits per heavy atom. The first kappa shape index (κ1) is 15.0. The third-order valence-corrected chi connectivity index (χ3v) is 3.85. The van der Waals surface area contributed by atoms with Crippen LogP contribution < -0.4 is 0 Å². The lowest BCUT2D eigenvalue weighted by Gasteiger charge is -2.17. The van der Waals surface area contributed by atoms with E-state index in [-0.39, 0.29) is 5.91 Å². The van der Waals surface area contributed by atoms with Gasteiger partial charge >= 0.3 is 0 Å². The van der Waals surface area contributed by atoms with E-state index >= 15 is 0 Å². The second-order valence-corrected chi connectivity index (χ2v) is 5.61. The molecule has 0 aliphatic rings. The van der Waals surface area contributed by atoms with Gasteiger partial charge in [-0.2, -0.15) is 0 Å². The van der Waals surface area contributed by atoms with Crippen LogP contribution in [0.4, 0.5) is 0 Å². The fourth-order valence-electron chi connectivity index (χ4n) is 2.60. The van der Waals surface area contributed by atoms with Gasteiger partial charge in [-0.3, -0.25) is 9.78 Å². The monoisotopic (exact) mass is 305 g/mol. The number of nitrogens with zero attached hydrogens (tertiary/aromatic N) is 3. The van der Waals surface area contributed by atoms with Gasteiger partial charge in [-0.05, 0) is 29.3 Å². The maximum atomic E-state index is 12.7. The number of amides is 1. The normalized spacial score (nSPS) is 10.5. The Balaban J connectivity index is 1.81. The fourth-order valence-corrected chi connectivity index (χ4v) is 2.60. The van der Waals surface area contributed by atoms with Crippen molar-refractivity contribution < 1.29 is 4.79 Å². The standard InChI is InChI=1S/C19H19N3O/c1-21-14-17(16-8-10-20-11-9-16)12-18(21)19(23)22(2)13-15-6-4-3-5-7-15/h3-12,14H,13H2,1-2H3. The van der Waals surface area contributed by atoms with Crippen molar-refractivity contribution in [2.75, 3.05) is 7.05 Å². The number of hydrogen-bond acceptors (Lipinski definition) is 2. The van der Waals surface area contributed by atoms with Gasteiger partial charge in [0, 0.05) is 44.8 Å². The van der Waals surface area contributed by atoms with Crippen LogP contribution in [0.1, 0.15) is 16.1 Å². The minimum Gasteiger partial charge on any atom is -0.346 e. The molecule has 0 fully saturated rings. The van der Waals surface area contributed by atoms with Gasteiger partial charge in [-0.15, -0.1) is 0 Å². The van der Waals surface area contributed by atoms with Crippen molar-refractivity contribution in [3.8, 4) is 11.1 Å². The summed E-state index contributed by atoms with van der Waals surface area (Å²) in [4.78, 5) is 18.5. The van der Waals surface area contributed by atoms with Crippen LogP contribution in [0.2, 0.25) is 0 Å². The van der Waals surface area contributed by atoms with Gasteiger partial charge < -0.3 is 9.47 Å². The molecule has 3 aromatic rings. The lowest BCUT2D eigenvalue weighted by Crippen LogP contribution is -2.27. The van der Waals surface area contributed by atoms with E-state index in [9.17, 15) is 4.79 Å². The van der Waals surface area contributed by atoms with E-state index in [2.05, 4.69) is 4.98 Å². The Morgan fingerprint density at radius 2 is 1.78 bits per heavy atom. The summed E-state index contributed by atoms with van der Waals surface area (Å²) in [6.07, 6.45) is 5.48. The van der Waals surface area contributed by atoms with Gasteiger partial charge in [-0.1, -0.05) is 30.3 Å². The van der Waals surface area contributed by atoms with Gasteiger partial charge in [0.05, 0.1) is 0 Å². The number of pyridine rings is 1.